The smallest absolute Gasteiger partial charge is 0.306 e. The van der Waals surface area contributed by atoms with Crippen molar-refractivity contribution in [1.29, 1.82) is 0 Å². The lowest BCUT2D eigenvalue weighted by atomic mass is 10.1. The Morgan fingerprint density at radius 3 is 1.22 bits per heavy atom. The van der Waals surface area contributed by atoms with Crippen LogP contribution >= 0.6 is 0 Å². The fraction of sp³-hybridized carbons (Fsp3) is 0.638. The standard InChI is InChI=1S/C58H94O6/c1-4-7-10-13-16-19-22-25-28-29-31-33-36-39-42-45-48-51-57(60)63-54-55(53-62-56(59)50-47-44-41-38-35-32-27-24-21-18-15-12-9-6-3)64-58(61)52-49-46-43-40-37-34-30-26-23-20-17-14-11-8-5-2/h7-8,10-11,14,16-17,19-20,23,25,28,31-33,35,39,42,55H,4-6,9,12-13,15,18,21-22,24,26-27,29-30,34,36-38,40-41,43-54H2,1-3H3/b10-7-,11-8-,17-14-,19-16-,23-20-,28-25-,33-31-,35-32-,42-39-. The number of allylic oxidation sites excluding steroid dienone is 18. The zero-order valence-corrected chi connectivity index (χ0v) is 41.3. The van der Waals surface area contributed by atoms with Crippen LogP contribution in [0, 0.1) is 0 Å². The molecule has 0 rings (SSSR count). The summed E-state index contributed by atoms with van der Waals surface area (Å²) >= 11 is 0. The first kappa shape index (κ1) is 60.1. The summed E-state index contributed by atoms with van der Waals surface area (Å²) in [6.07, 6.45) is 69.3. The molecule has 1 unspecified atom stereocenters. The van der Waals surface area contributed by atoms with Gasteiger partial charge in [0.05, 0.1) is 0 Å². The Bertz CT molecular complexity index is 1340. The number of esters is 3. The van der Waals surface area contributed by atoms with E-state index in [1.165, 1.54) is 64.2 Å². The number of hydrogen-bond donors (Lipinski definition) is 0. The molecular formula is C58H94O6. The minimum atomic E-state index is -0.815. The maximum atomic E-state index is 12.8. The van der Waals surface area contributed by atoms with Crippen molar-refractivity contribution in [3.8, 4) is 0 Å². The monoisotopic (exact) mass is 887 g/mol. The molecule has 64 heavy (non-hydrogen) atoms. The molecule has 1 atom stereocenters. The molecule has 0 amide bonds. The van der Waals surface area contributed by atoms with Crippen LogP contribution in [0.2, 0.25) is 0 Å². The van der Waals surface area contributed by atoms with Gasteiger partial charge in [0.25, 0.3) is 0 Å². The van der Waals surface area contributed by atoms with Gasteiger partial charge in [-0.25, -0.2) is 0 Å². The molecule has 0 N–H and O–H groups in total. The lowest BCUT2D eigenvalue weighted by Crippen LogP contribution is -2.30. The van der Waals surface area contributed by atoms with Crippen LogP contribution in [0.25, 0.3) is 0 Å². The van der Waals surface area contributed by atoms with Gasteiger partial charge in [-0.3, -0.25) is 14.4 Å². The van der Waals surface area contributed by atoms with Crippen molar-refractivity contribution >= 4 is 17.9 Å². The van der Waals surface area contributed by atoms with Crippen molar-refractivity contribution in [3.63, 3.8) is 0 Å². The van der Waals surface area contributed by atoms with Crippen molar-refractivity contribution in [2.24, 2.45) is 0 Å². The van der Waals surface area contributed by atoms with Gasteiger partial charge in [-0.2, -0.15) is 0 Å². The first-order valence-electron chi connectivity index (χ1n) is 25.9. The SMILES string of the molecule is CC\C=C/C=C\C=C/CCCCCCCCCC(=O)OC(COC(=O)CCC/C=C\C/C=C\C/C=C\C/C=C\C/C=C\CC)COC(=O)CCCCC/C=C\CCCCCCCCC. The Balaban J connectivity index is 4.53. The lowest BCUT2D eigenvalue weighted by Gasteiger charge is -2.18. The number of ether oxygens (including phenoxy) is 3. The lowest BCUT2D eigenvalue weighted by molar-refractivity contribution is -0.167. The van der Waals surface area contributed by atoms with E-state index in [9.17, 15) is 14.4 Å². The fourth-order valence-corrected chi connectivity index (χ4v) is 6.71. The van der Waals surface area contributed by atoms with Crippen LogP contribution in [0.1, 0.15) is 220 Å². The molecule has 0 spiro atoms. The highest BCUT2D eigenvalue weighted by Crippen LogP contribution is 2.13. The van der Waals surface area contributed by atoms with Gasteiger partial charge >= 0.3 is 17.9 Å². The van der Waals surface area contributed by atoms with E-state index in [4.69, 9.17) is 14.2 Å². The highest BCUT2D eigenvalue weighted by atomic mass is 16.6. The van der Waals surface area contributed by atoms with Crippen molar-refractivity contribution in [2.75, 3.05) is 13.2 Å². The van der Waals surface area contributed by atoms with E-state index in [1.807, 2.05) is 0 Å². The molecule has 0 aromatic heterocycles. The van der Waals surface area contributed by atoms with Gasteiger partial charge in [0.1, 0.15) is 13.2 Å². The van der Waals surface area contributed by atoms with E-state index >= 15 is 0 Å². The Labute approximate surface area is 393 Å². The van der Waals surface area contributed by atoms with Crippen LogP contribution < -0.4 is 0 Å². The molecule has 0 saturated carbocycles. The van der Waals surface area contributed by atoms with Gasteiger partial charge in [-0.05, 0) is 103 Å². The number of hydrogen-bond acceptors (Lipinski definition) is 6. The first-order valence-corrected chi connectivity index (χ1v) is 25.9. The van der Waals surface area contributed by atoms with E-state index in [1.54, 1.807) is 0 Å². The zero-order chi connectivity index (χ0) is 46.5. The van der Waals surface area contributed by atoms with Crippen LogP contribution in [0.5, 0.6) is 0 Å². The number of carbonyl (C=O) groups is 3. The minimum absolute atomic E-state index is 0.111. The summed E-state index contributed by atoms with van der Waals surface area (Å²) in [4.78, 5) is 38.0. The molecule has 0 fully saturated rings. The highest BCUT2D eigenvalue weighted by Gasteiger charge is 2.19. The molecule has 0 saturated heterocycles. The zero-order valence-electron chi connectivity index (χ0n) is 41.3. The van der Waals surface area contributed by atoms with Gasteiger partial charge in [0.2, 0.25) is 0 Å². The first-order chi connectivity index (χ1) is 31.5. The Morgan fingerprint density at radius 2 is 0.703 bits per heavy atom. The summed E-state index contributed by atoms with van der Waals surface area (Å²) in [5.41, 5.74) is 0. The second-order valence-corrected chi connectivity index (χ2v) is 16.7. The molecule has 0 heterocycles. The predicted octanol–water partition coefficient (Wildman–Crippen LogP) is 17.1. The third-order valence-electron chi connectivity index (χ3n) is 10.6. The van der Waals surface area contributed by atoms with Crippen LogP contribution in [-0.2, 0) is 28.6 Å². The van der Waals surface area contributed by atoms with Crippen molar-refractivity contribution in [3.05, 3.63) is 109 Å². The maximum absolute atomic E-state index is 12.8. The quantitative estimate of drug-likeness (QED) is 0.0199. The summed E-state index contributed by atoms with van der Waals surface area (Å²) < 4.78 is 16.7. The van der Waals surface area contributed by atoms with E-state index in [-0.39, 0.29) is 37.5 Å². The summed E-state index contributed by atoms with van der Waals surface area (Å²) in [5, 5.41) is 0. The molecular weight excluding hydrogens is 793 g/mol. The van der Waals surface area contributed by atoms with Crippen molar-refractivity contribution < 1.29 is 28.6 Å². The van der Waals surface area contributed by atoms with E-state index in [0.29, 0.717) is 19.3 Å². The Morgan fingerprint density at radius 1 is 0.344 bits per heavy atom. The normalized spacial score (nSPS) is 13.0. The summed E-state index contributed by atoms with van der Waals surface area (Å²) in [5.74, 6) is -1.00. The minimum Gasteiger partial charge on any atom is -0.462 e. The molecule has 0 aliphatic carbocycles. The van der Waals surface area contributed by atoms with E-state index < -0.39 is 6.10 Å². The topological polar surface area (TPSA) is 78.9 Å². The van der Waals surface area contributed by atoms with Crippen LogP contribution in [0.4, 0.5) is 0 Å². The summed E-state index contributed by atoms with van der Waals surface area (Å²) in [6, 6.07) is 0. The van der Waals surface area contributed by atoms with Gasteiger partial charge < -0.3 is 14.2 Å². The number of unbranched alkanes of at least 4 members (excludes halogenated alkanes) is 18. The average molecular weight is 887 g/mol. The molecule has 362 valence electrons. The molecule has 0 radical (unpaired) electrons. The number of carbonyl (C=O) groups excluding carboxylic acids is 3. The molecule has 6 nitrogen and oxygen atoms in total. The van der Waals surface area contributed by atoms with Crippen molar-refractivity contribution in [1.82, 2.24) is 0 Å². The van der Waals surface area contributed by atoms with Crippen LogP contribution in [-0.4, -0.2) is 37.2 Å². The van der Waals surface area contributed by atoms with E-state index in [0.717, 1.165) is 109 Å². The summed E-state index contributed by atoms with van der Waals surface area (Å²) in [6.45, 7) is 6.30. The fourth-order valence-electron chi connectivity index (χ4n) is 6.71. The Hall–Kier alpha value is -3.93. The van der Waals surface area contributed by atoms with E-state index in [2.05, 4.69) is 130 Å². The molecule has 0 aromatic carbocycles. The second-order valence-electron chi connectivity index (χ2n) is 16.7. The Kier molecular flexibility index (Phi) is 48.5. The highest BCUT2D eigenvalue weighted by molar-refractivity contribution is 5.71. The predicted molar refractivity (Wildman–Crippen MR) is 274 cm³/mol. The molecule has 0 aliphatic rings. The second kappa shape index (κ2) is 51.7. The molecule has 0 aromatic rings. The van der Waals surface area contributed by atoms with Crippen molar-refractivity contribution in [2.45, 2.75) is 226 Å². The largest absolute Gasteiger partial charge is 0.462 e. The van der Waals surface area contributed by atoms with Crippen LogP contribution in [0.3, 0.4) is 0 Å². The van der Waals surface area contributed by atoms with Gasteiger partial charge in [-0.1, -0.05) is 207 Å². The molecule has 6 heteroatoms. The molecule has 0 bridgehead atoms. The van der Waals surface area contributed by atoms with Crippen LogP contribution in [0.15, 0.2) is 109 Å². The third kappa shape index (κ3) is 49.1. The average Bonchev–Trinajstić information content (AvgIpc) is 3.29. The number of rotatable bonds is 45. The maximum Gasteiger partial charge on any atom is 0.306 e. The van der Waals surface area contributed by atoms with Gasteiger partial charge in [0.15, 0.2) is 6.10 Å². The van der Waals surface area contributed by atoms with Gasteiger partial charge in [0, 0.05) is 19.3 Å². The van der Waals surface area contributed by atoms with Gasteiger partial charge in [-0.15, -0.1) is 0 Å². The third-order valence-corrected chi connectivity index (χ3v) is 10.6. The molecule has 0 aliphatic heterocycles. The summed E-state index contributed by atoms with van der Waals surface area (Å²) in [7, 11) is 0.